The molecule has 0 aliphatic heterocycles. The van der Waals surface area contributed by atoms with Gasteiger partial charge in [-0.05, 0) is 17.5 Å². The molecule has 1 aromatic heterocycles. The van der Waals surface area contributed by atoms with Crippen molar-refractivity contribution in [3.05, 3.63) is 29.3 Å². The van der Waals surface area contributed by atoms with E-state index in [9.17, 15) is 9.59 Å². The number of thiazole rings is 1. The summed E-state index contributed by atoms with van der Waals surface area (Å²) in [5.74, 6) is -0.140. The largest absolute Gasteiger partial charge is 0.354 e. The van der Waals surface area contributed by atoms with Crippen LogP contribution in [0.2, 0.25) is 0 Å². The molecule has 0 saturated carbocycles. The molecule has 1 atom stereocenters. The summed E-state index contributed by atoms with van der Waals surface area (Å²) in [6, 6.07) is 8.01. The van der Waals surface area contributed by atoms with E-state index in [1.807, 2.05) is 52.0 Å². The Morgan fingerprint density at radius 2 is 1.88 bits per heavy atom. The molecule has 2 N–H and O–H groups in total. The fourth-order valence-electron chi connectivity index (χ4n) is 2.24. The van der Waals surface area contributed by atoms with E-state index in [2.05, 4.69) is 15.6 Å². The molecule has 0 aliphatic carbocycles. The monoisotopic (exact) mass is 347 g/mol. The summed E-state index contributed by atoms with van der Waals surface area (Å²) in [7, 11) is 0. The summed E-state index contributed by atoms with van der Waals surface area (Å²) < 4.78 is 1.15. The molecule has 1 unspecified atom stereocenters. The van der Waals surface area contributed by atoms with Gasteiger partial charge in [0.2, 0.25) is 11.8 Å². The molecule has 0 radical (unpaired) electrons. The Morgan fingerprint density at radius 1 is 1.17 bits per heavy atom. The summed E-state index contributed by atoms with van der Waals surface area (Å²) in [5, 5.41) is 6.52. The Hall–Kier alpha value is -1.95. The van der Waals surface area contributed by atoms with Gasteiger partial charge in [0.05, 0.1) is 21.8 Å². The molecule has 0 fully saturated rings. The lowest BCUT2D eigenvalue weighted by Crippen LogP contribution is -2.39. The minimum atomic E-state index is -0.176. The summed E-state index contributed by atoms with van der Waals surface area (Å²) in [5.41, 5.74) is 0.909. The van der Waals surface area contributed by atoms with E-state index in [0.29, 0.717) is 13.0 Å². The molecule has 0 aliphatic rings. The van der Waals surface area contributed by atoms with Crippen LogP contribution in [0.4, 0.5) is 0 Å². The number of benzene rings is 1. The lowest BCUT2D eigenvalue weighted by Gasteiger charge is -2.17. The number of carbonyl (C=O) groups is 2. The average molecular weight is 347 g/mol. The highest BCUT2D eigenvalue weighted by atomic mass is 32.1. The van der Waals surface area contributed by atoms with Crippen molar-refractivity contribution in [3.63, 3.8) is 0 Å². The van der Waals surface area contributed by atoms with Crippen molar-refractivity contribution >= 4 is 33.4 Å². The summed E-state index contributed by atoms with van der Waals surface area (Å²) in [6.45, 7) is 8.54. The molecule has 6 heteroatoms. The van der Waals surface area contributed by atoms with Gasteiger partial charge in [0.25, 0.3) is 0 Å². The van der Waals surface area contributed by atoms with E-state index in [1.165, 1.54) is 0 Å². The van der Waals surface area contributed by atoms with E-state index in [0.717, 1.165) is 15.2 Å². The molecular formula is C18H25N3O2S. The zero-order chi connectivity index (χ0) is 17.7. The highest BCUT2D eigenvalue weighted by Gasteiger charge is 2.17. The molecule has 0 saturated heterocycles. The Balaban J connectivity index is 1.77. The molecule has 2 amide bonds. The maximum Gasteiger partial charge on any atom is 0.239 e. The standard InChI is InChI=1S/C18H25N3O2S/c1-12(17-21-13-7-5-6-8-14(13)24-17)10-19-16(23)11-20-15(22)9-18(2,3)4/h5-8,12H,9-11H2,1-4H3,(H,19,23)(H,20,22). The molecular weight excluding hydrogens is 322 g/mol. The molecule has 0 spiro atoms. The quantitative estimate of drug-likeness (QED) is 0.843. The first kappa shape index (κ1) is 18.4. The fourth-order valence-corrected chi connectivity index (χ4v) is 3.26. The van der Waals surface area contributed by atoms with Gasteiger partial charge in [-0.2, -0.15) is 0 Å². The minimum Gasteiger partial charge on any atom is -0.354 e. The number of hydrogen-bond acceptors (Lipinski definition) is 4. The van der Waals surface area contributed by atoms with E-state index in [-0.39, 0.29) is 29.7 Å². The second-order valence-electron chi connectivity index (χ2n) is 7.24. The van der Waals surface area contributed by atoms with Crippen molar-refractivity contribution in [1.82, 2.24) is 15.6 Å². The summed E-state index contributed by atoms with van der Waals surface area (Å²) >= 11 is 1.65. The number of para-hydroxylation sites is 1. The zero-order valence-corrected chi connectivity index (χ0v) is 15.5. The lowest BCUT2D eigenvalue weighted by molar-refractivity contribution is -0.127. The maximum atomic E-state index is 11.9. The number of hydrogen-bond donors (Lipinski definition) is 2. The highest BCUT2D eigenvalue weighted by molar-refractivity contribution is 7.18. The van der Waals surface area contributed by atoms with Gasteiger partial charge in [-0.25, -0.2) is 4.98 Å². The van der Waals surface area contributed by atoms with Gasteiger partial charge >= 0.3 is 0 Å². The molecule has 1 aromatic carbocycles. The van der Waals surface area contributed by atoms with Crippen LogP contribution in [0.3, 0.4) is 0 Å². The predicted molar refractivity (Wildman–Crippen MR) is 98.1 cm³/mol. The summed E-state index contributed by atoms with van der Waals surface area (Å²) in [6.07, 6.45) is 0.405. The van der Waals surface area contributed by atoms with Crippen molar-refractivity contribution in [3.8, 4) is 0 Å². The number of aromatic nitrogens is 1. The number of fused-ring (bicyclic) bond motifs is 1. The van der Waals surface area contributed by atoms with Crippen LogP contribution >= 0.6 is 11.3 Å². The number of nitrogens with zero attached hydrogens (tertiary/aromatic N) is 1. The number of nitrogens with one attached hydrogen (secondary N) is 2. The van der Waals surface area contributed by atoms with Crippen LogP contribution in [0.5, 0.6) is 0 Å². The van der Waals surface area contributed by atoms with Crippen LogP contribution < -0.4 is 10.6 Å². The Bertz CT molecular complexity index is 685. The van der Waals surface area contributed by atoms with E-state index >= 15 is 0 Å². The van der Waals surface area contributed by atoms with Gasteiger partial charge in [0, 0.05) is 18.9 Å². The third-order valence-electron chi connectivity index (χ3n) is 3.47. The Labute approximate surface area is 146 Å². The van der Waals surface area contributed by atoms with E-state index < -0.39 is 0 Å². The van der Waals surface area contributed by atoms with Crippen LogP contribution in [0, 0.1) is 5.41 Å². The third-order valence-corrected chi connectivity index (χ3v) is 4.74. The molecule has 0 bridgehead atoms. The van der Waals surface area contributed by atoms with Gasteiger partial charge in [0.1, 0.15) is 0 Å². The normalized spacial score (nSPS) is 12.8. The number of rotatable bonds is 6. The SMILES string of the molecule is CC(CNC(=O)CNC(=O)CC(C)(C)C)c1nc2ccccc2s1. The maximum absolute atomic E-state index is 11.9. The first-order valence-corrected chi connectivity index (χ1v) is 8.95. The molecule has 1 heterocycles. The first-order chi connectivity index (χ1) is 11.2. The molecule has 24 heavy (non-hydrogen) atoms. The topological polar surface area (TPSA) is 71.1 Å². The molecule has 130 valence electrons. The van der Waals surface area contributed by atoms with Crippen LogP contribution in [-0.4, -0.2) is 29.9 Å². The summed E-state index contributed by atoms with van der Waals surface area (Å²) in [4.78, 5) is 28.2. The molecule has 2 aromatic rings. The van der Waals surface area contributed by atoms with Gasteiger partial charge in [-0.15, -0.1) is 11.3 Å². The van der Waals surface area contributed by atoms with Crippen molar-refractivity contribution in [2.24, 2.45) is 5.41 Å². The van der Waals surface area contributed by atoms with Gasteiger partial charge in [0.15, 0.2) is 0 Å². The van der Waals surface area contributed by atoms with Crippen LogP contribution in [0.15, 0.2) is 24.3 Å². The lowest BCUT2D eigenvalue weighted by atomic mass is 9.92. The van der Waals surface area contributed by atoms with Gasteiger partial charge < -0.3 is 10.6 Å². The Kier molecular flexibility index (Phi) is 5.94. The van der Waals surface area contributed by atoms with Gasteiger partial charge in [-0.1, -0.05) is 39.8 Å². The van der Waals surface area contributed by atoms with Crippen molar-refractivity contribution in [2.45, 2.75) is 40.0 Å². The predicted octanol–water partition coefficient (Wildman–Crippen LogP) is 3.07. The number of amides is 2. The molecule has 2 rings (SSSR count). The van der Waals surface area contributed by atoms with Crippen molar-refractivity contribution in [1.29, 1.82) is 0 Å². The molecule has 5 nitrogen and oxygen atoms in total. The van der Waals surface area contributed by atoms with Crippen molar-refractivity contribution < 1.29 is 9.59 Å². The van der Waals surface area contributed by atoms with E-state index in [4.69, 9.17) is 0 Å². The highest BCUT2D eigenvalue weighted by Crippen LogP contribution is 2.26. The second kappa shape index (κ2) is 7.75. The first-order valence-electron chi connectivity index (χ1n) is 8.13. The minimum absolute atomic E-state index is 0.0154. The average Bonchev–Trinajstić information content (AvgIpc) is 2.93. The zero-order valence-electron chi connectivity index (χ0n) is 14.7. The third kappa shape index (κ3) is 5.60. The second-order valence-corrected chi connectivity index (χ2v) is 8.30. The van der Waals surface area contributed by atoms with Crippen LogP contribution in [0.1, 0.15) is 45.0 Å². The Morgan fingerprint density at radius 3 is 2.54 bits per heavy atom. The van der Waals surface area contributed by atoms with Crippen LogP contribution in [0.25, 0.3) is 10.2 Å². The van der Waals surface area contributed by atoms with Gasteiger partial charge in [-0.3, -0.25) is 9.59 Å². The smallest absolute Gasteiger partial charge is 0.239 e. The fraction of sp³-hybridized carbons (Fsp3) is 0.500. The number of carbonyl (C=O) groups excluding carboxylic acids is 2. The van der Waals surface area contributed by atoms with Crippen molar-refractivity contribution in [2.75, 3.05) is 13.1 Å². The van der Waals surface area contributed by atoms with E-state index in [1.54, 1.807) is 11.3 Å². The van der Waals surface area contributed by atoms with Crippen LogP contribution in [-0.2, 0) is 9.59 Å².